The molecular weight excluding hydrogens is 307 g/mol. The fourth-order valence-corrected chi connectivity index (χ4v) is 3.77. The highest BCUT2D eigenvalue weighted by atomic mass is 19.1. The lowest BCUT2D eigenvalue weighted by Gasteiger charge is -2.28. The van der Waals surface area contributed by atoms with Crippen LogP contribution in [0.1, 0.15) is 74.7 Å². The van der Waals surface area contributed by atoms with Crippen molar-refractivity contribution in [2.75, 3.05) is 6.61 Å². The van der Waals surface area contributed by atoms with E-state index in [0.717, 1.165) is 18.8 Å². The number of ketones is 1. The second-order valence-corrected chi connectivity index (χ2v) is 6.81. The third-order valence-corrected chi connectivity index (χ3v) is 5.11. The van der Waals surface area contributed by atoms with Crippen molar-refractivity contribution in [2.24, 2.45) is 11.8 Å². The predicted octanol–water partition coefficient (Wildman–Crippen LogP) is 5.44. The Hall–Kier alpha value is -1.58. The van der Waals surface area contributed by atoms with Crippen LogP contribution in [0.5, 0.6) is 11.5 Å². The van der Waals surface area contributed by atoms with Crippen LogP contribution in [0.2, 0.25) is 0 Å². The number of Topliss-reactive ketones (excluding diaryl/α,β-unsaturated/α-hetero) is 1. The van der Waals surface area contributed by atoms with Gasteiger partial charge in [0.2, 0.25) is 0 Å². The maximum Gasteiger partial charge on any atom is 0.166 e. The molecule has 0 aromatic heterocycles. The van der Waals surface area contributed by atoms with Crippen molar-refractivity contribution >= 4 is 5.78 Å². The number of alkyl halides is 1. The van der Waals surface area contributed by atoms with Gasteiger partial charge in [-0.2, -0.15) is 0 Å². The highest BCUT2D eigenvalue weighted by Gasteiger charge is 2.25. The summed E-state index contributed by atoms with van der Waals surface area (Å²) in [6.45, 7) is 3.56. The van der Waals surface area contributed by atoms with Gasteiger partial charge in [-0.15, -0.1) is 0 Å². The molecule has 0 atom stereocenters. The van der Waals surface area contributed by atoms with Gasteiger partial charge in [0, 0.05) is 6.42 Å². The topological polar surface area (TPSA) is 46.5 Å². The summed E-state index contributed by atoms with van der Waals surface area (Å²) in [5.74, 6) is 1.15. The molecule has 1 aliphatic rings. The Morgan fingerprint density at radius 2 is 1.88 bits per heavy atom. The first kappa shape index (κ1) is 18.8. The van der Waals surface area contributed by atoms with Crippen LogP contribution in [0.3, 0.4) is 0 Å². The van der Waals surface area contributed by atoms with Crippen LogP contribution >= 0.6 is 0 Å². The maximum absolute atomic E-state index is 13.2. The van der Waals surface area contributed by atoms with Crippen LogP contribution in [0.4, 0.5) is 4.39 Å². The van der Waals surface area contributed by atoms with Gasteiger partial charge in [0.15, 0.2) is 5.78 Å². The molecule has 0 unspecified atom stereocenters. The molecule has 4 heteroatoms. The van der Waals surface area contributed by atoms with Crippen molar-refractivity contribution in [3.8, 4) is 11.5 Å². The smallest absolute Gasteiger partial charge is 0.166 e. The molecule has 2 rings (SSSR count). The molecule has 1 fully saturated rings. The minimum atomic E-state index is -0.843. The Bertz CT molecular complexity index is 548. The van der Waals surface area contributed by atoms with Crippen molar-refractivity contribution in [3.63, 3.8) is 0 Å². The molecule has 0 saturated heterocycles. The summed E-state index contributed by atoms with van der Waals surface area (Å²) < 4.78 is 18.6. The first-order valence-corrected chi connectivity index (χ1v) is 9.17. The number of aromatic hydroxyl groups is 1. The predicted molar refractivity (Wildman–Crippen MR) is 93.4 cm³/mol. The largest absolute Gasteiger partial charge is 0.507 e. The molecule has 0 amide bonds. The maximum atomic E-state index is 13.2. The minimum absolute atomic E-state index is 0.0781. The van der Waals surface area contributed by atoms with Gasteiger partial charge >= 0.3 is 0 Å². The summed E-state index contributed by atoms with van der Waals surface area (Å²) in [5.41, 5.74) is 0.302. The summed E-state index contributed by atoms with van der Waals surface area (Å²) in [4.78, 5) is 12.6. The molecule has 1 saturated carbocycles. The van der Waals surface area contributed by atoms with Crippen LogP contribution in [-0.2, 0) is 6.67 Å². The van der Waals surface area contributed by atoms with Crippen LogP contribution in [0.15, 0.2) is 12.1 Å². The fraction of sp³-hybridized carbons (Fsp3) is 0.650. The Kier molecular flexibility index (Phi) is 7.07. The van der Waals surface area contributed by atoms with Crippen LogP contribution in [0, 0.1) is 11.8 Å². The third kappa shape index (κ3) is 4.49. The van der Waals surface area contributed by atoms with Crippen molar-refractivity contribution in [2.45, 2.75) is 65.5 Å². The van der Waals surface area contributed by atoms with E-state index in [4.69, 9.17) is 4.74 Å². The zero-order chi connectivity index (χ0) is 17.5. The number of benzene rings is 1. The van der Waals surface area contributed by atoms with E-state index in [2.05, 4.69) is 6.92 Å². The highest BCUT2D eigenvalue weighted by Crippen LogP contribution is 2.37. The highest BCUT2D eigenvalue weighted by molar-refractivity contribution is 5.99. The number of halogens is 1. The van der Waals surface area contributed by atoms with Gasteiger partial charge in [-0.1, -0.05) is 32.6 Å². The molecule has 0 aliphatic heterocycles. The molecule has 1 N–H and O–H groups in total. The summed E-state index contributed by atoms with van der Waals surface area (Å²) in [6.07, 6.45) is 7.47. The quantitative estimate of drug-likeness (QED) is 0.643. The standard InChI is InChI=1S/C20H29FO3/c1-3-5-14-6-8-15(9-7-14)12-18(22)16-10-11-19(24-4-2)17(13-21)20(16)23/h10-11,14-15,23H,3-9,12-13H2,1-2H3. The Morgan fingerprint density at radius 1 is 1.21 bits per heavy atom. The molecule has 1 aromatic carbocycles. The van der Waals surface area contributed by atoms with E-state index in [1.54, 1.807) is 19.1 Å². The molecular formula is C20H29FO3. The monoisotopic (exact) mass is 336 g/mol. The number of hydrogen-bond acceptors (Lipinski definition) is 3. The number of hydrogen-bond donors (Lipinski definition) is 1. The number of rotatable bonds is 8. The van der Waals surface area contributed by atoms with E-state index >= 15 is 0 Å². The van der Waals surface area contributed by atoms with E-state index in [0.29, 0.717) is 24.7 Å². The van der Waals surface area contributed by atoms with Gasteiger partial charge in [-0.3, -0.25) is 4.79 Å². The van der Waals surface area contributed by atoms with Crippen molar-refractivity contribution in [1.82, 2.24) is 0 Å². The first-order valence-electron chi connectivity index (χ1n) is 9.17. The molecule has 0 spiro atoms. The lowest BCUT2D eigenvalue weighted by atomic mass is 9.77. The number of carbonyl (C=O) groups is 1. The number of ether oxygens (including phenoxy) is 1. The summed E-state index contributed by atoms with van der Waals surface area (Å²) in [5, 5.41) is 10.3. The Labute approximate surface area is 144 Å². The van der Waals surface area contributed by atoms with Gasteiger partial charge in [0.1, 0.15) is 18.2 Å². The molecule has 24 heavy (non-hydrogen) atoms. The van der Waals surface area contributed by atoms with Crippen LogP contribution in [-0.4, -0.2) is 17.5 Å². The molecule has 3 nitrogen and oxygen atoms in total. The van der Waals surface area contributed by atoms with E-state index in [9.17, 15) is 14.3 Å². The summed E-state index contributed by atoms with van der Waals surface area (Å²) in [6, 6.07) is 3.15. The Morgan fingerprint density at radius 3 is 2.46 bits per heavy atom. The number of carbonyl (C=O) groups excluding carboxylic acids is 1. The zero-order valence-electron chi connectivity index (χ0n) is 14.8. The van der Waals surface area contributed by atoms with Gasteiger partial charge < -0.3 is 9.84 Å². The third-order valence-electron chi connectivity index (χ3n) is 5.11. The SMILES string of the molecule is CCCC1CCC(CC(=O)c2ccc(OCC)c(CF)c2O)CC1. The van der Waals surface area contributed by atoms with E-state index < -0.39 is 6.67 Å². The van der Waals surface area contributed by atoms with Crippen molar-refractivity contribution in [1.29, 1.82) is 0 Å². The lowest BCUT2D eigenvalue weighted by Crippen LogP contribution is -2.17. The molecule has 0 bridgehead atoms. The van der Waals surface area contributed by atoms with Crippen LogP contribution < -0.4 is 4.74 Å². The lowest BCUT2D eigenvalue weighted by molar-refractivity contribution is 0.0939. The van der Waals surface area contributed by atoms with Gasteiger partial charge in [-0.25, -0.2) is 4.39 Å². The van der Waals surface area contributed by atoms with Gasteiger partial charge in [0.05, 0.1) is 17.7 Å². The second kappa shape index (κ2) is 9.05. The zero-order valence-corrected chi connectivity index (χ0v) is 14.8. The molecule has 0 radical (unpaired) electrons. The van der Waals surface area contributed by atoms with Crippen LogP contribution in [0.25, 0.3) is 0 Å². The molecule has 134 valence electrons. The fourth-order valence-electron chi connectivity index (χ4n) is 3.77. The second-order valence-electron chi connectivity index (χ2n) is 6.81. The number of phenols is 1. The van der Waals surface area contributed by atoms with Crippen molar-refractivity contribution in [3.05, 3.63) is 23.3 Å². The normalized spacial score (nSPS) is 20.8. The van der Waals surface area contributed by atoms with E-state index in [1.807, 2.05) is 0 Å². The molecule has 0 heterocycles. The van der Waals surface area contributed by atoms with Crippen molar-refractivity contribution < 1.29 is 19.0 Å². The molecule has 1 aliphatic carbocycles. The van der Waals surface area contributed by atoms with E-state index in [-0.39, 0.29) is 22.7 Å². The van der Waals surface area contributed by atoms with E-state index in [1.165, 1.54) is 25.7 Å². The first-order chi connectivity index (χ1) is 11.6. The van der Waals surface area contributed by atoms with Gasteiger partial charge in [-0.05, 0) is 43.7 Å². The average molecular weight is 336 g/mol. The summed E-state index contributed by atoms with van der Waals surface area (Å²) >= 11 is 0. The summed E-state index contributed by atoms with van der Waals surface area (Å²) in [7, 11) is 0. The number of phenolic OH excluding ortho intramolecular Hbond substituents is 1. The molecule has 1 aromatic rings. The van der Waals surface area contributed by atoms with Gasteiger partial charge in [0.25, 0.3) is 0 Å². The Balaban J connectivity index is 2.02. The average Bonchev–Trinajstić information content (AvgIpc) is 2.57. The minimum Gasteiger partial charge on any atom is -0.507 e.